The van der Waals surface area contributed by atoms with Gasteiger partial charge >= 0.3 is 0 Å². The van der Waals surface area contributed by atoms with Crippen LogP contribution < -0.4 is 5.06 Å². The monoisotopic (exact) mass is 342 g/mol. The van der Waals surface area contributed by atoms with Gasteiger partial charge in [0.15, 0.2) is 17.9 Å². The van der Waals surface area contributed by atoms with E-state index < -0.39 is 0 Å². The molecule has 0 aromatic heterocycles. The average molecular weight is 343 g/mol. The van der Waals surface area contributed by atoms with Crippen LogP contribution in [-0.4, -0.2) is 36.0 Å². The van der Waals surface area contributed by atoms with E-state index in [4.69, 9.17) is 11.6 Å². The minimum Gasteiger partial charge on any atom is -0.576 e. The van der Waals surface area contributed by atoms with Crippen molar-refractivity contribution in [1.29, 1.82) is 0 Å². The molecule has 0 aliphatic carbocycles. The largest absolute Gasteiger partial charge is 0.576 e. The van der Waals surface area contributed by atoms with Gasteiger partial charge in [-0.15, -0.1) is 0 Å². The molecule has 2 aliphatic rings. The number of halogens is 1. The molecule has 24 heavy (non-hydrogen) atoms. The van der Waals surface area contributed by atoms with Gasteiger partial charge < -0.3 is 15.3 Å². The zero-order valence-corrected chi connectivity index (χ0v) is 14.0. The maximum atomic E-state index is 12.3. The van der Waals surface area contributed by atoms with Crippen molar-refractivity contribution in [2.24, 2.45) is 5.16 Å². The van der Waals surface area contributed by atoms with Crippen LogP contribution in [0, 0.1) is 5.21 Å². The molecular weight excluding hydrogens is 326 g/mol. The van der Waals surface area contributed by atoms with E-state index in [1.54, 1.807) is 0 Å². The Morgan fingerprint density at radius 1 is 1.25 bits per heavy atom. The second-order valence-corrected chi connectivity index (χ2v) is 6.79. The molecule has 2 heterocycles. The SMILES string of the molecule is CN1CCc2c(c(-c3ccc(Cl)cc3)cc3c2C(=NO)C[N+]3[O-])C1. The van der Waals surface area contributed by atoms with Crippen molar-refractivity contribution < 1.29 is 5.21 Å². The zero-order chi connectivity index (χ0) is 16.8. The summed E-state index contributed by atoms with van der Waals surface area (Å²) in [6.45, 7) is 1.82. The maximum absolute atomic E-state index is 12.3. The molecule has 0 unspecified atom stereocenters. The molecule has 4 rings (SSSR count). The van der Waals surface area contributed by atoms with Gasteiger partial charge in [-0.1, -0.05) is 28.9 Å². The summed E-state index contributed by atoms with van der Waals surface area (Å²) in [5.74, 6) is 0. The quantitative estimate of drug-likeness (QED) is 0.373. The fourth-order valence-corrected chi connectivity index (χ4v) is 3.79. The summed E-state index contributed by atoms with van der Waals surface area (Å²) in [5.41, 5.74) is 6.28. The number of anilines is 1. The molecule has 123 valence electrons. The number of rotatable bonds is 1. The third kappa shape index (κ3) is 2.41. The van der Waals surface area contributed by atoms with Crippen LogP contribution in [-0.2, 0) is 13.0 Å². The Balaban J connectivity index is 1.98. The Morgan fingerprint density at radius 2 is 2.00 bits per heavy atom. The summed E-state index contributed by atoms with van der Waals surface area (Å²) in [5, 5.41) is 26.6. The van der Waals surface area contributed by atoms with Gasteiger partial charge in [-0.2, -0.15) is 5.06 Å². The summed E-state index contributed by atoms with van der Waals surface area (Å²) in [6, 6.07) is 9.59. The fraction of sp³-hybridized carbons (Fsp3) is 0.278. The first kappa shape index (κ1) is 15.6. The Kier molecular flexibility index (Phi) is 3.81. The lowest BCUT2D eigenvalue weighted by Gasteiger charge is -2.28. The molecule has 6 heteroatoms. The van der Waals surface area contributed by atoms with Gasteiger partial charge in [-0.05, 0) is 47.9 Å². The van der Waals surface area contributed by atoms with Crippen molar-refractivity contribution in [2.75, 3.05) is 20.1 Å². The molecular formula is C18H17ClN3O2. The van der Waals surface area contributed by atoms with Gasteiger partial charge in [-0.3, -0.25) is 0 Å². The number of hydrogen-bond donors (Lipinski definition) is 1. The highest BCUT2D eigenvalue weighted by atomic mass is 35.5. The van der Waals surface area contributed by atoms with E-state index >= 15 is 0 Å². The average Bonchev–Trinajstić information content (AvgIpc) is 2.91. The van der Waals surface area contributed by atoms with Crippen molar-refractivity contribution in [2.45, 2.75) is 13.0 Å². The molecule has 2 aliphatic heterocycles. The Labute approximate surface area is 145 Å². The van der Waals surface area contributed by atoms with Crippen LogP contribution in [0.3, 0.4) is 0 Å². The summed E-state index contributed by atoms with van der Waals surface area (Å²) >= 11 is 6.01. The van der Waals surface area contributed by atoms with Crippen LogP contribution in [0.1, 0.15) is 16.7 Å². The predicted octanol–water partition coefficient (Wildman–Crippen LogP) is 3.46. The minimum atomic E-state index is 0.0954. The van der Waals surface area contributed by atoms with E-state index in [1.165, 1.54) is 5.56 Å². The number of oxime groups is 1. The van der Waals surface area contributed by atoms with Gasteiger partial charge in [0.25, 0.3) is 0 Å². The second kappa shape index (κ2) is 5.86. The van der Waals surface area contributed by atoms with Crippen molar-refractivity contribution in [1.82, 2.24) is 9.96 Å². The molecule has 1 radical (unpaired) electrons. The number of nitrogens with zero attached hydrogens (tertiary/aromatic N) is 3. The number of hydroxylamine groups is 1. The molecule has 2 aromatic rings. The predicted molar refractivity (Wildman–Crippen MR) is 95.3 cm³/mol. The molecule has 0 amide bonds. The van der Waals surface area contributed by atoms with E-state index in [2.05, 4.69) is 17.1 Å². The van der Waals surface area contributed by atoms with Gasteiger partial charge in [0, 0.05) is 24.2 Å². The number of hydrogen-bond acceptors (Lipinski definition) is 5. The maximum Gasteiger partial charge on any atom is 0.192 e. The Bertz CT molecular complexity index is 833. The zero-order valence-electron chi connectivity index (χ0n) is 13.3. The Hall–Kier alpha value is -1.92. The van der Waals surface area contributed by atoms with Crippen LogP contribution in [0.4, 0.5) is 5.69 Å². The molecule has 0 fully saturated rings. The van der Waals surface area contributed by atoms with Crippen LogP contribution in [0.25, 0.3) is 11.1 Å². The topological polar surface area (TPSA) is 64.8 Å². The van der Waals surface area contributed by atoms with E-state index in [9.17, 15) is 10.4 Å². The molecule has 1 N–H and O–H groups in total. The van der Waals surface area contributed by atoms with E-state index in [0.717, 1.165) is 46.8 Å². The van der Waals surface area contributed by atoms with Crippen molar-refractivity contribution in [3.8, 4) is 11.1 Å². The van der Waals surface area contributed by atoms with Crippen molar-refractivity contribution in [3.05, 3.63) is 57.3 Å². The van der Waals surface area contributed by atoms with Gasteiger partial charge in [0.1, 0.15) is 0 Å². The summed E-state index contributed by atoms with van der Waals surface area (Å²) in [6.07, 6.45) is 0.836. The third-order valence-corrected chi connectivity index (χ3v) is 5.08. The summed E-state index contributed by atoms with van der Waals surface area (Å²) in [7, 11) is 2.09. The van der Waals surface area contributed by atoms with E-state index in [0.29, 0.717) is 16.4 Å². The highest BCUT2D eigenvalue weighted by molar-refractivity contribution is 6.30. The first-order valence-corrected chi connectivity index (χ1v) is 8.25. The molecule has 0 saturated heterocycles. The minimum absolute atomic E-state index is 0.0954. The van der Waals surface area contributed by atoms with Gasteiger partial charge in [0.05, 0.1) is 5.56 Å². The molecule has 0 atom stereocenters. The first-order valence-electron chi connectivity index (χ1n) is 7.87. The van der Waals surface area contributed by atoms with Crippen molar-refractivity contribution >= 4 is 23.0 Å². The number of benzene rings is 2. The lowest BCUT2D eigenvalue weighted by atomic mass is 9.86. The number of fused-ring (bicyclic) bond motifs is 3. The van der Waals surface area contributed by atoms with Crippen LogP contribution in [0.2, 0.25) is 5.02 Å². The molecule has 0 bridgehead atoms. The number of likely N-dealkylation sites (N-methyl/N-ethyl adjacent to an activating group) is 1. The van der Waals surface area contributed by atoms with Gasteiger partial charge in [-0.25, -0.2) is 0 Å². The fourth-order valence-electron chi connectivity index (χ4n) is 3.66. The third-order valence-electron chi connectivity index (χ3n) is 4.83. The molecule has 0 saturated carbocycles. The standard InChI is InChI=1S/C18H17ClN3O2/c1-21-7-6-13-15(9-21)14(11-2-4-12(19)5-3-11)8-17-18(13)16(20-23)10-22(17)24/h2-5,8,23H,6-7,9-10H2,1H3. The second-order valence-electron chi connectivity index (χ2n) is 6.35. The lowest BCUT2D eigenvalue weighted by Crippen LogP contribution is -2.28. The highest BCUT2D eigenvalue weighted by Crippen LogP contribution is 2.41. The smallest absolute Gasteiger partial charge is 0.192 e. The van der Waals surface area contributed by atoms with Crippen molar-refractivity contribution in [3.63, 3.8) is 0 Å². The molecule has 0 spiro atoms. The Morgan fingerprint density at radius 3 is 2.71 bits per heavy atom. The summed E-state index contributed by atoms with van der Waals surface area (Å²) in [4.78, 5) is 2.26. The summed E-state index contributed by atoms with van der Waals surface area (Å²) < 4.78 is 0. The van der Waals surface area contributed by atoms with Crippen LogP contribution in [0.15, 0.2) is 35.5 Å². The first-order chi connectivity index (χ1) is 11.6. The van der Waals surface area contributed by atoms with E-state index in [-0.39, 0.29) is 6.54 Å². The normalized spacial score (nSPS) is 19.5. The van der Waals surface area contributed by atoms with Crippen LogP contribution in [0.5, 0.6) is 0 Å². The molecule has 5 nitrogen and oxygen atoms in total. The van der Waals surface area contributed by atoms with Gasteiger partial charge in [0.2, 0.25) is 0 Å². The van der Waals surface area contributed by atoms with E-state index in [1.807, 2.05) is 30.3 Å². The molecule has 2 aromatic carbocycles. The lowest BCUT2D eigenvalue weighted by molar-refractivity contribution is 0.312. The highest BCUT2D eigenvalue weighted by Gasteiger charge is 2.36. The van der Waals surface area contributed by atoms with Crippen LogP contribution >= 0.6 is 11.6 Å².